The molecule has 2 atom stereocenters. The average Bonchev–Trinajstić information content (AvgIpc) is 3.03. The largest absolute Gasteiger partial charge is 0.375 e. The van der Waals surface area contributed by atoms with Gasteiger partial charge in [-0.25, -0.2) is 0 Å². The zero-order chi connectivity index (χ0) is 15.0. The lowest BCUT2D eigenvalue weighted by molar-refractivity contribution is -0.0342. The molecule has 1 aliphatic carbocycles. The Bertz CT molecular complexity index is 582. The Labute approximate surface area is 133 Å². The summed E-state index contributed by atoms with van der Waals surface area (Å²) in [4.78, 5) is 0. The minimum atomic E-state index is 0.0311. The summed E-state index contributed by atoms with van der Waals surface area (Å²) in [6.07, 6.45) is 4.94. The van der Waals surface area contributed by atoms with Gasteiger partial charge in [0.25, 0.3) is 0 Å². The summed E-state index contributed by atoms with van der Waals surface area (Å²) >= 11 is 0. The van der Waals surface area contributed by atoms with E-state index in [1.165, 1.54) is 36.8 Å². The van der Waals surface area contributed by atoms with Gasteiger partial charge in [-0.2, -0.15) is 0 Å². The lowest BCUT2D eigenvalue weighted by atomic mass is 9.61. The molecule has 22 heavy (non-hydrogen) atoms. The third-order valence-corrected chi connectivity index (χ3v) is 6.12. The van der Waals surface area contributed by atoms with Gasteiger partial charge in [0, 0.05) is 17.9 Å². The van der Waals surface area contributed by atoms with Crippen molar-refractivity contribution in [3.63, 3.8) is 0 Å². The van der Waals surface area contributed by atoms with Crippen LogP contribution >= 0.6 is 0 Å². The van der Waals surface area contributed by atoms with Crippen LogP contribution in [0.5, 0.6) is 0 Å². The summed E-state index contributed by atoms with van der Waals surface area (Å²) in [6.45, 7) is 3.26. The van der Waals surface area contributed by atoms with E-state index in [-0.39, 0.29) is 11.0 Å². The molecule has 1 saturated heterocycles. The van der Waals surface area contributed by atoms with Gasteiger partial charge in [-0.3, -0.25) is 0 Å². The molecule has 2 aromatic carbocycles. The fourth-order valence-electron chi connectivity index (χ4n) is 5.03. The third-order valence-electron chi connectivity index (χ3n) is 6.12. The highest BCUT2D eigenvalue weighted by Crippen LogP contribution is 2.63. The molecular weight excluding hydrogens is 268 g/mol. The smallest absolute Gasteiger partial charge is 0.0720 e. The van der Waals surface area contributed by atoms with Crippen LogP contribution in [0.4, 0.5) is 0 Å². The van der Waals surface area contributed by atoms with Crippen LogP contribution in [0.15, 0.2) is 60.7 Å². The van der Waals surface area contributed by atoms with Gasteiger partial charge in [0.05, 0.1) is 5.60 Å². The Hall–Kier alpha value is -1.60. The van der Waals surface area contributed by atoms with Crippen LogP contribution in [0.25, 0.3) is 0 Å². The molecule has 2 fully saturated rings. The molecule has 114 valence electrons. The van der Waals surface area contributed by atoms with E-state index in [2.05, 4.69) is 67.6 Å². The first kappa shape index (κ1) is 14.0. The van der Waals surface area contributed by atoms with E-state index in [1.54, 1.807) is 0 Å². The highest BCUT2D eigenvalue weighted by molar-refractivity contribution is 5.38. The summed E-state index contributed by atoms with van der Waals surface area (Å²) in [5.74, 6) is 0.435. The molecule has 0 radical (unpaired) electrons. The molecule has 0 N–H and O–H groups in total. The van der Waals surface area contributed by atoms with Crippen LogP contribution in [-0.4, -0.2) is 12.2 Å². The molecule has 1 aliphatic heterocycles. The van der Waals surface area contributed by atoms with Crippen molar-refractivity contribution < 1.29 is 4.74 Å². The molecule has 4 rings (SSSR count). The molecule has 0 unspecified atom stereocenters. The molecule has 2 aliphatic rings. The highest BCUT2D eigenvalue weighted by Gasteiger charge is 2.60. The Morgan fingerprint density at radius 3 is 2.00 bits per heavy atom. The van der Waals surface area contributed by atoms with Crippen molar-refractivity contribution in [2.75, 3.05) is 6.61 Å². The van der Waals surface area contributed by atoms with Crippen molar-refractivity contribution in [3.8, 4) is 0 Å². The van der Waals surface area contributed by atoms with Gasteiger partial charge in [0.15, 0.2) is 0 Å². The molecular formula is C21H24O. The summed E-state index contributed by atoms with van der Waals surface area (Å²) in [6, 6.07) is 22.1. The molecule has 1 heteroatoms. The maximum Gasteiger partial charge on any atom is 0.0720 e. The highest BCUT2D eigenvalue weighted by atomic mass is 16.5. The van der Waals surface area contributed by atoms with Gasteiger partial charge in [0.1, 0.15) is 0 Å². The molecule has 0 spiro atoms. The molecule has 1 heterocycles. The van der Waals surface area contributed by atoms with Crippen LogP contribution in [-0.2, 0) is 4.74 Å². The maximum atomic E-state index is 6.29. The van der Waals surface area contributed by atoms with E-state index in [0.29, 0.717) is 5.92 Å². The van der Waals surface area contributed by atoms with Crippen molar-refractivity contribution in [1.29, 1.82) is 0 Å². The van der Waals surface area contributed by atoms with Crippen LogP contribution in [0.3, 0.4) is 0 Å². The maximum absolute atomic E-state index is 6.29. The number of fused-ring (bicyclic) bond motifs is 1. The summed E-state index contributed by atoms with van der Waals surface area (Å²) in [7, 11) is 0. The first-order chi connectivity index (χ1) is 10.8. The van der Waals surface area contributed by atoms with Crippen molar-refractivity contribution >= 4 is 0 Å². The van der Waals surface area contributed by atoms with E-state index in [4.69, 9.17) is 4.74 Å². The van der Waals surface area contributed by atoms with Gasteiger partial charge in [-0.05, 0) is 43.7 Å². The zero-order valence-corrected chi connectivity index (χ0v) is 13.3. The number of benzene rings is 2. The third kappa shape index (κ3) is 1.95. The van der Waals surface area contributed by atoms with Gasteiger partial charge in [0.2, 0.25) is 0 Å². The predicted molar refractivity (Wildman–Crippen MR) is 90.0 cm³/mol. The summed E-state index contributed by atoms with van der Waals surface area (Å²) in [5.41, 5.74) is 3.15. The first-order valence-corrected chi connectivity index (χ1v) is 8.49. The van der Waals surface area contributed by atoms with Crippen LogP contribution in [0.1, 0.15) is 49.7 Å². The Morgan fingerprint density at radius 1 is 0.818 bits per heavy atom. The minimum Gasteiger partial charge on any atom is -0.375 e. The Morgan fingerprint density at radius 2 is 1.41 bits per heavy atom. The quantitative estimate of drug-likeness (QED) is 0.758. The number of ether oxygens (including phenoxy) is 1. The average molecular weight is 292 g/mol. The molecule has 1 nitrogen and oxygen atoms in total. The lowest BCUT2D eigenvalue weighted by Crippen LogP contribution is -2.42. The second kappa shape index (κ2) is 5.24. The van der Waals surface area contributed by atoms with E-state index < -0.39 is 0 Å². The number of rotatable bonds is 3. The second-order valence-corrected chi connectivity index (χ2v) is 7.09. The topological polar surface area (TPSA) is 9.23 Å². The molecule has 2 aromatic rings. The van der Waals surface area contributed by atoms with Gasteiger partial charge in [-0.15, -0.1) is 0 Å². The summed E-state index contributed by atoms with van der Waals surface area (Å²) in [5, 5.41) is 0. The SMILES string of the molecule is C[C@]12CCC[C@@]1(C(c1ccccc1)c1ccccc1)CCO2. The fraction of sp³-hybridized carbons (Fsp3) is 0.429. The second-order valence-electron chi connectivity index (χ2n) is 7.09. The monoisotopic (exact) mass is 292 g/mol. The first-order valence-electron chi connectivity index (χ1n) is 8.49. The van der Waals surface area contributed by atoms with Gasteiger partial charge < -0.3 is 4.74 Å². The predicted octanol–water partition coefficient (Wildman–Crippen LogP) is 5.17. The van der Waals surface area contributed by atoms with Crippen molar-refractivity contribution in [2.45, 2.75) is 44.1 Å². The van der Waals surface area contributed by atoms with E-state index in [0.717, 1.165) is 6.61 Å². The van der Waals surface area contributed by atoms with Crippen LogP contribution in [0, 0.1) is 5.41 Å². The fourth-order valence-corrected chi connectivity index (χ4v) is 5.03. The van der Waals surface area contributed by atoms with Crippen LogP contribution in [0.2, 0.25) is 0 Å². The van der Waals surface area contributed by atoms with Crippen molar-refractivity contribution in [3.05, 3.63) is 71.8 Å². The molecule has 0 aromatic heterocycles. The van der Waals surface area contributed by atoms with Crippen molar-refractivity contribution in [1.82, 2.24) is 0 Å². The van der Waals surface area contributed by atoms with Gasteiger partial charge >= 0.3 is 0 Å². The van der Waals surface area contributed by atoms with Crippen LogP contribution < -0.4 is 0 Å². The molecule has 1 saturated carbocycles. The Kier molecular flexibility index (Phi) is 3.34. The zero-order valence-electron chi connectivity index (χ0n) is 13.3. The minimum absolute atomic E-state index is 0.0311. The number of hydrogen-bond acceptors (Lipinski definition) is 1. The number of hydrogen-bond donors (Lipinski definition) is 0. The van der Waals surface area contributed by atoms with Gasteiger partial charge in [-0.1, -0.05) is 60.7 Å². The van der Waals surface area contributed by atoms with Crippen molar-refractivity contribution in [2.24, 2.45) is 5.41 Å². The summed E-state index contributed by atoms with van der Waals surface area (Å²) < 4.78 is 6.29. The normalized spacial score (nSPS) is 30.6. The Balaban J connectivity index is 1.88. The molecule has 0 bridgehead atoms. The standard InChI is InChI=1S/C21H24O/c1-20-13-8-14-21(20,15-16-22-20)19(17-9-4-2-5-10-17)18-11-6-3-7-12-18/h2-7,9-12,19H,8,13-16H2,1H3/t20-,21-/m0/s1. The molecule has 0 amide bonds. The van der Waals surface area contributed by atoms with E-state index in [1.807, 2.05) is 0 Å². The lowest BCUT2D eigenvalue weighted by Gasteiger charge is -2.43. The van der Waals surface area contributed by atoms with E-state index >= 15 is 0 Å². The van der Waals surface area contributed by atoms with E-state index in [9.17, 15) is 0 Å².